The monoisotopic (exact) mass is 252 g/mol. The normalized spacial score (nSPS) is 21.5. The summed E-state index contributed by atoms with van der Waals surface area (Å²) in [5, 5.41) is 0. The fourth-order valence-corrected chi connectivity index (χ4v) is 3.62. The van der Waals surface area contributed by atoms with Crippen LogP contribution < -0.4 is 4.57 Å². The average molecular weight is 252 g/mol. The highest BCUT2D eigenvalue weighted by molar-refractivity contribution is 5.61. The molecule has 1 aliphatic rings. The topological polar surface area (TPSA) is 3.88 Å². The van der Waals surface area contributed by atoms with Gasteiger partial charge >= 0.3 is 0 Å². The van der Waals surface area contributed by atoms with Crippen LogP contribution in [0, 0.1) is 6.92 Å². The Morgan fingerprint density at radius 1 is 1.00 bits per heavy atom. The molecule has 0 radical (unpaired) electrons. The number of hydrogen-bond acceptors (Lipinski definition) is 0. The van der Waals surface area contributed by atoms with Gasteiger partial charge in [-0.3, -0.25) is 0 Å². The minimum absolute atomic E-state index is 0.666. The number of aryl methyl sites for hydroxylation is 1. The van der Waals surface area contributed by atoms with Crippen LogP contribution in [-0.2, 0) is 7.05 Å². The molecule has 98 valence electrons. The van der Waals surface area contributed by atoms with Gasteiger partial charge in [-0.15, -0.1) is 0 Å². The molecule has 19 heavy (non-hydrogen) atoms. The quantitative estimate of drug-likeness (QED) is 0.673. The van der Waals surface area contributed by atoms with Gasteiger partial charge in [-0.25, -0.2) is 0 Å². The highest BCUT2D eigenvalue weighted by Gasteiger charge is 2.34. The van der Waals surface area contributed by atoms with Crippen LogP contribution in [-0.4, -0.2) is 0 Å². The smallest absolute Gasteiger partial charge is 0.198 e. The fourth-order valence-electron chi connectivity index (χ4n) is 3.62. The molecule has 1 aromatic carbocycles. The van der Waals surface area contributed by atoms with E-state index in [4.69, 9.17) is 0 Å². The van der Waals surface area contributed by atoms with Gasteiger partial charge in [0.1, 0.15) is 7.05 Å². The molecule has 0 spiro atoms. The number of fused-ring (bicyclic) bond motifs is 1. The summed E-state index contributed by atoms with van der Waals surface area (Å²) in [5.41, 5.74) is 7.08. The van der Waals surface area contributed by atoms with Gasteiger partial charge in [0.2, 0.25) is 5.69 Å². The molecule has 1 aliphatic carbocycles. The first-order valence-electron chi connectivity index (χ1n) is 7.18. The minimum Gasteiger partial charge on any atom is -0.198 e. The second kappa shape index (κ2) is 4.48. The Bertz CT molecular complexity index is 628. The summed E-state index contributed by atoms with van der Waals surface area (Å²) in [7, 11) is 2.22. The Kier molecular flexibility index (Phi) is 2.93. The van der Waals surface area contributed by atoms with E-state index < -0.39 is 0 Å². The molecule has 1 heteroatoms. The highest BCUT2D eigenvalue weighted by atomic mass is 15.0. The van der Waals surface area contributed by atoms with Crippen molar-refractivity contribution in [2.24, 2.45) is 7.05 Å². The van der Waals surface area contributed by atoms with E-state index in [9.17, 15) is 0 Å². The van der Waals surface area contributed by atoms with Crippen molar-refractivity contribution in [1.29, 1.82) is 0 Å². The van der Waals surface area contributed by atoms with Crippen molar-refractivity contribution in [2.75, 3.05) is 0 Å². The third kappa shape index (κ3) is 1.88. The summed E-state index contributed by atoms with van der Waals surface area (Å²) in [6.07, 6.45) is 1.28. The molecule has 0 aliphatic heterocycles. The van der Waals surface area contributed by atoms with Crippen molar-refractivity contribution in [3.05, 3.63) is 53.2 Å². The van der Waals surface area contributed by atoms with E-state index in [2.05, 4.69) is 68.8 Å². The summed E-state index contributed by atoms with van der Waals surface area (Å²) >= 11 is 0. The van der Waals surface area contributed by atoms with Crippen molar-refractivity contribution in [3.63, 3.8) is 0 Å². The Morgan fingerprint density at radius 3 is 2.47 bits per heavy atom. The lowest BCUT2D eigenvalue weighted by Gasteiger charge is -2.09. The maximum atomic E-state index is 2.41. The lowest BCUT2D eigenvalue weighted by atomic mass is 10.0. The van der Waals surface area contributed by atoms with Gasteiger partial charge in [-0.2, -0.15) is 4.57 Å². The maximum Gasteiger partial charge on any atom is 0.212 e. The van der Waals surface area contributed by atoms with Crippen molar-refractivity contribution >= 4 is 0 Å². The van der Waals surface area contributed by atoms with Gasteiger partial charge in [0.05, 0.1) is 0 Å². The van der Waals surface area contributed by atoms with Gasteiger partial charge in [-0.05, 0) is 37.0 Å². The molecule has 2 atom stereocenters. The number of nitrogens with zero attached hydrogens (tertiary/aromatic N) is 1. The van der Waals surface area contributed by atoms with Gasteiger partial charge in [-0.1, -0.05) is 32.0 Å². The van der Waals surface area contributed by atoms with Crippen LogP contribution in [0.4, 0.5) is 0 Å². The molecule has 0 bridgehead atoms. The van der Waals surface area contributed by atoms with Crippen LogP contribution in [0.1, 0.15) is 48.9 Å². The molecule has 2 unspecified atom stereocenters. The number of aromatic nitrogens is 1. The molecule has 0 fully saturated rings. The van der Waals surface area contributed by atoms with Crippen molar-refractivity contribution in [3.8, 4) is 11.3 Å². The molecule has 0 saturated heterocycles. The van der Waals surface area contributed by atoms with Gasteiger partial charge in [0.15, 0.2) is 5.69 Å². The van der Waals surface area contributed by atoms with E-state index in [-0.39, 0.29) is 0 Å². The lowest BCUT2D eigenvalue weighted by Crippen LogP contribution is -2.37. The van der Waals surface area contributed by atoms with Crippen molar-refractivity contribution in [1.82, 2.24) is 0 Å². The van der Waals surface area contributed by atoms with Crippen LogP contribution in [0.15, 0.2) is 36.4 Å². The van der Waals surface area contributed by atoms with E-state index in [1.807, 2.05) is 0 Å². The van der Waals surface area contributed by atoms with Crippen LogP contribution in [0.25, 0.3) is 11.3 Å². The first-order chi connectivity index (χ1) is 9.09. The third-order valence-corrected chi connectivity index (χ3v) is 4.57. The molecule has 1 nitrogen and oxygen atoms in total. The first-order valence-corrected chi connectivity index (χ1v) is 7.18. The number of rotatable bonds is 1. The average Bonchev–Trinajstić information content (AvgIpc) is 2.67. The van der Waals surface area contributed by atoms with E-state index in [1.165, 1.54) is 34.5 Å². The molecule has 0 saturated carbocycles. The number of pyridine rings is 1. The Labute approximate surface area is 115 Å². The van der Waals surface area contributed by atoms with Gasteiger partial charge in [0.25, 0.3) is 0 Å². The van der Waals surface area contributed by atoms with Crippen LogP contribution in [0.5, 0.6) is 0 Å². The predicted molar refractivity (Wildman–Crippen MR) is 79.2 cm³/mol. The summed E-state index contributed by atoms with van der Waals surface area (Å²) < 4.78 is 2.41. The Hall–Kier alpha value is -1.63. The molecule has 0 amide bonds. The van der Waals surface area contributed by atoms with E-state index in [0.29, 0.717) is 11.8 Å². The summed E-state index contributed by atoms with van der Waals surface area (Å²) in [6, 6.07) is 13.3. The third-order valence-electron chi connectivity index (χ3n) is 4.57. The molecule has 1 heterocycles. The van der Waals surface area contributed by atoms with Crippen LogP contribution in [0.2, 0.25) is 0 Å². The standard InChI is InChI=1S/C18H22N/c1-12-7-5-6-8-15(12)17-10-9-16-13(2)11-14(3)18(16)19(17)4/h5-10,13-14H,11H2,1-4H3/q+1. The summed E-state index contributed by atoms with van der Waals surface area (Å²) in [5.74, 6) is 1.36. The molecule has 3 rings (SSSR count). The number of hydrogen-bond donors (Lipinski definition) is 0. The van der Waals surface area contributed by atoms with Gasteiger partial charge in [0, 0.05) is 23.1 Å². The van der Waals surface area contributed by atoms with E-state index >= 15 is 0 Å². The molecular weight excluding hydrogens is 230 g/mol. The molecule has 1 aromatic heterocycles. The second-order valence-electron chi connectivity index (χ2n) is 5.97. The first kappa shape index (κ1) is 12.4. The van der Waals surface area contributed by atoms with Crippen LogP contribution >= 0.6 is 0 Å². The second-order valence-corrected chi connectivity index (χ2v) is 5.97. The lowest BCUT2D eigenvalue weighted by molar-refractivity contribution is -0.669. The predicted octanol–water partition coefficient (Wildman–Crippen LogP) is 4.10. The molecule has 2 aromatic rings. The SMILES string of the molecule is Cc1ccccc1-c1ccc2c([n+]1C)C(C)CC2C. The van der Waals surface area contributed by atoms with Gasteiger partial charge < -0.3 is 0 Å². The fraction of sp³-hybridized carbons (Fsp3) is 0.389. The zero-order chi connectivity index (χ0) is 13.6. The van der Waals surface area contributed by atoms with E-state index in [0.717, 1.165) is 0 Å². The Morgan fingerprint density at radius 2 is 1.74 bits per heavy atom. The van der Waals surface area contributed by atoms with E-state index in [1.54, 1.807) is 0 Å². The highest BCUT2D eigenvalue weighted by Crippen LogP contribution is 2.39. The molecular formula is C18H22N+. The number of benzene rings is 1. The summed E-state index contributed by atoms with van der Waals surface area (Å²) in [4.78, 5) is 0. The Balaban J connectivity index is 2.21. The zero-order valence-electron chi connectivity index (χ0n) is 12.3. The minimum atomic E-state index is 0.666. The van der Waals surface area contributed by atoms with Crippen molar-refractivity contribution < 1.29 is 4.57 Å². The molecule has 0 N–H and O–H groups in total. The van der Waals surface area contributed by atoms with Crippen LogP contribution in [0.3, 0.4) is 0 Å². The maximum absolute atomic E-state index is 2.41. The zero-order valence-corrected chi connectivity index (χ0v) is 12.3. The van der Waals surface area contributed by atoms with Crippen molar-refractivity contribution in [2.45, 2.75) is 39.0 Å². The summed E-state index contributed by atoms with van der Waals surface area (Å²) in [6.45, 7) is 6.88. The largest absolute Gasteiger partial charge is 0.212 e.